The number of nitrogens with zero attached hydrogens (tertiary/aromatic N) is 4. The molecule has 170 valence electrons. The molecule has 4 bridgehead atoms. The fourth-order valence-corrected chi connectivity index (χ4v) is 7.60. The van der Waals surface area contributed by atoms with Gasteiger partial charge in [-0.15, -0.1) is 10.2 Å². The Labute approximate surface area is 198 Å². The maximum atomic E-state index is 12.6. The van der Waals surface area contributed by atoms with Crippen LogP contribution in [0.1, 0.15) is 44.1 Å². The Balaban J connectivity index is 1.08. The number of thioether (sulfide) groups is 1. The van der Waals surface area contributed by atoms with E-state index in [0.717, 1.165) is 34.8 Å². The van der Waals surface area contributed by atoms with Crippen molar-refractivity contribution < 1.29 is 4.79 Å². The molecule has 1 N–H and O–H groups in total. The molecule has 1 amide bonds. The summed E-state index contributed by atoms with van der Waals surface area (Å²) in [6.45, 7) is 0. The molecule has 0 unspecified atom stereocenters. The largest absolute Gasteiger partial charge is 0.325 e. The number of hydrogen-bond donors (Lipinski definition) is 1. The monoisotopic (exact) mass is 459 g/mol. The first kappa shape index (κ1) is 20.9. The number of amides is 1. The maximum Gasteiger partial charge on any atom is 0.234 e. The molecule has 7 rings (SSSR count). The van der Waals surface area contributed by atoms with Crippen LogP contribution in [0.25, 0.3) is 11.4 Å². The highest BCUT2D eigenvalue weighted by Crippen LogP contribution is 2.60. The summed E-state index contributed by atoms with van der Waals surface area (Å²) in [6, 6.07) is 12.5. The van der Waals surface area contributed by atoms with Gasteiger partial charge in [-0.2, -0.15) is 0 Å². The van der Waals surface area contributed by atoms with E-state index in [1.165, 1.54) is 55.9 Å². The first-order chi connectivity index (χ1) is 16.1. The van der Waals surface area contributed by atoms with Crippen molar-refractivity contribution in [3.63, 3.8) is 0 Å². The molecule has 4 aliphatic rings. The lowest BCUT2D eigenvalue weighted by atomic mass is 9.48. The molecular weight excluding hydrogens is 430 g/mol. The number of rotatable bonds is 6. The zero-order valence-electron chi connectivity index (χ0n) is 18.9. The minimum atomic E-state index is -0.0315. The molecule has 33 heavy (non-hydrogen) atoms. The smallest absolute Gasteiger partial charge is 0.234 e. The number of nitrogens with one attached hydrogen (secondary N) is 1. The van der Waals surface area contributed by atoms with Gasteiger partial charge in [-0.05, 0) is 91.5 Å². The summed E-state index contributed by atoms with van der Waals surface area (Å²) in [7, 11) is 1.92. The van der Waals surface area contributed by atoms with Crippen molar-refractivity contribution in [2.45, 2.75) is 49.1 Å². The van der Waals surface area contributed by atoms with Crippen LogP contribution in [-0.4, -0.2) is 31.4 Å². The molecule has 4 aliphatic carbocycles. The molecule has 3 aromatic rings. The van der Waals surface area contributed by atoms with Gasteiger partial charge in [0.25, 0.3) is 0 Å². The SMILES string of the molecule is Cn1c(SCC(=O)Nc2ccc(C34CC5CC(CC(C5)C3)C4)cc2)nnc1-c1ccncc1. The van der Waals surface area contributed by atoms with Gasteiger partial charge in [0.1, 0.15) is 0 Å². The summed E-state index contributed by atoms with van der Waals surface area (Å²) >= 11 is 1.39. The molecule has 0 saturated heterocycles. The minimum absolute atomic E-state index is 0.0315. The van der Waals surface area contributed by atoms with E-state index in [-0.39, 0.29) is 5.91 Å². The van der Waals surface area contributed by atoms with Gasteiger partial charge in [-0.1, -0.05) is 23.9 Å². The van der Waals surface area contributed by atoms with E-state index < -0.39 is 0 Å². The molecule has 0 aliphatic heterocycles. The maximum absolute atomic E-state index is 12.6. The third kappa shape index (κ3) is 3.97. The van der Waals surface area contributed by atoms with Crippen LogP contribution in [0.2, 0.25) is 0 Å². The van der Waals surface area contributed by atoms with Gasteiger partial charge in [-0.3, -0.25) is 9.78 Å². The summed E-state index contributed by atoms with van der Waals surface area (Å²) in [4.78, 5) is 16.6. The standard InChI is InChI=1S/C26H29N5OS/c1-31-24(20-6-8-27-9-7-20)29-30-25(31)33-16-23(32)28-22-4-2-21(3-5-22)26-13-17-10-18(14-26)12-19(11-17)15-26/h2-9,17-19H,10-16H2,1H3,(H,28,32). The Morgan fingerprint density at radius 3 is 2.27 bits per heavy atom. The van der Waals surface area contributed by atoms with Gasteiger partial charge in [0.2, 0.25) is 5.91 Å². The zero-order chi connectivity index (χ0) is 22.4. The topological polar surface area (TPSA) is 72.7 Å². The van der Waals surface area contributed by atoms with Gasteiger partial charge in [0.15, 0.2) is 11.0 Å². The summed E-state index contributed by atoms with van der Waals surface area (Å²) in [5, 5.41) is 12.3. The zero-order valence-corrected chi connectivity index (χ0v) is 19.7. The van der Waals surface area contributed by atoms with E-state index in [4.69, 9.17) is 0 Å². The molecule has 0 spiro atoms. The number of anilines is 1. The number of benzene rings is 1. The number of carbonyl (C=O) groups excluding carboxylic acids is 1. The van der Waals surface area contributed by atoms with Crippen LogP contribution < -0.4 is 5.32 Å². The minimum Gasteiger partial charge on any atom is -0.325 e. The highest BCUT2D eigenvalue weighted by atomic mass is 32.2. The lowest BCUT2D eigenvalue weighted by Gasteiger charge is -2.57. The Morgan fingerprint density at radius 2 is 1.64 bits per heavy atom. The van der Waals surface area contributed by atoms with Crippen molar-refractivity contribution in [1.29, 1.82) is 0 Å². The van der Waals surface area contributed by atoms with Crippen molar-refractivity contribution in [2.75, 3.05) is 11.1 Å². The Bertz CT molecular complexity index is 1120. The van der Waals surface area contributed by atoms with Crippen LogP contribution in [0, 0.1) is 17.8 Å². The van der Waals surface area contributed by atoms with Crippen LogP contribution in [0.15, 0.2) is 53.9 Å². The summed E-state index contributed by atoms with van der Waals surface area (Å²) < 4.78 is 1.91. The molecule has 2 heterocycles. The highest BCUT2D eigenvalue weighted by molar-refractivity contribution is 7.99. The van der Waals surface area contributed by atoms with E-state index in [0.29, 0.717) is 16.3 Å². The third-order valence-corrected chi connectivity index (χ3v) is 8.95. The van der Waals surface area contributed by atoms with E-state index in [2.05, 4.69) is 44.8 Å². The average molecular weight is 460 g/mol. The number of hydrogen-bond acceptors (Lipinski definition) is 5. The van der Waals surface area contributed by atoms with Crippen LogP contribution in [0.5, 0.6) is 0 Å². The van der Waals surface area contributed by atoms with E-state index in [9.17, 15) is 4.79 Å². The predicted molar refractivity (Wildman–Crippen MR) is 130 cm³/mol. The van der Waals surface area contributed by atoms with Gasteiger partial charge in [0.05, 0.1) is 5.75 Å². The van der Waals surface area contributed by atoms with Crippen molar-refractivity contribution in [2.24, 2.45) is 24.8 Å². The summed E-state index contributed by atoms with van der Waals surface area (Å²) in [5.74, 6) is 3.84. The highest BCUT2D eigenvalue weighted by Gasteiger charge is 2.51. The molecule has 4 saturated carbocycles. The number of pyridine rings is 1. The second kappa shape index (κ2) is 8.28. The number of carbonyl (C=O) groups is 1. The van der Waals surface area contributed by atoms with E-state index in [1.807, 2.05) is 23.7 Å². The van der Waals surface area contributed by atoms with Crippen LogP contribution in [-0.2, 0) is 17.3 Å². The fourth-order valence-electron chi connectivity index (χ4n) is 6.89. The Kier molecular flexibility index (Phi) is 5.24. The van der Waals surface area contributed by atoms with Crippen LogP contribution >= 0.6 is 11.8 Å². The van der Waals surface area contributed by atoms with Crippen LogP contribution in [0.3, 0.4) is 0 Å². The third-order valence-electron chi connectivity index (χ3n) is 7.93. The van der Waals surface area contributed by atoms with E-state index >= 15 is 0 Å². The molecule has 0 atom stereocenters. The van der Waals surface area contributed by atoms with Gasteiger partial charge in [0, 0.05) is 30.7 Å². The predicted octanol–water partition coefficient (Wildman–Crippen LogP) is 5.08. The Morgan fingerprint density at radius 1 is 1.00 bits per heavy atom. The van der Waals surface area contributed by atoms with Crippen molar-refractivity contribution >= 4 is 23.4 Å². The molecule has 1 aromatic carbocycles. The normalized spacial score (nSPS) is 27.6. The molecule has 6 nitrogen and oxygen atoms in total. The average Bonchev–Trinajstić information content (AvgIpc) is 3.18. The second-order valence-electron chi connectivity index (χ2n) is 10.2. The quantitative estimate of drug-likeness (QED) is 0.521. The molecule has 4 fully saturated rings. The van der Waals surface area contributed by atoms with Crippen molar-refractivity contribution in [3.05, 3.63) is 54.4 Å². The van der Waals surface area contributed by atoms with Crippen LogP contribution in [0.4, 0.5) is 5.69 Å². The fraction of sp³-hybridized carbons (Fsp3) is 0.462. The molecule has 2 aromatic heterocycles. The van der Waals surface area contributed by atoms with Crippen molar-refractivity contribution in [1.82, 2.24) is 19.7 Å². The summed E-state index contributed by atoms with van der Waals surface area (Å²) in [5.41, 5.74) is 3.70. The van der Waals surface area contributed by atoms with E-state index in [1.54, 1.807) is 12.4 Å². The lowest BCUT2D eigenvalue weighted by Crippen LogP contribution is -2.48. The molecule has 0 radical (unpaired) electrons. The van der Waals surface area contributed by atoms with Gasteiger partial charge in [-0.25, -0.2) is 0 Å². The second-order valence-corrected chi connectivity index (χ2v) is 11.2. The lowest BCUT2D eigenvalue weighted by molar-refractivity contribution is -0.113. The summed E-state index contributed by atoms with van der Waals surface area (Å²) in [6.07, 6.45) is 11.9. The van der Waals surface area contributed by atoms with Gasteiger partial charge < -0.3 is 9.88 Å². The number of aromatic nitrogens is 4. The molecule has 7 heteroatoms. The van der Waals surface area contributed by atoms with Gasteiger partial charge >= 0.3 is 0 Å². The first-order valence-electron chi connectivity index (χ1n) is 11.9. The van der Waals surface area contributed by atoms with Crippen molar-refractivity contribution in [3.8, 4) is 11.4 Å². The first-order valence-corrected chi connectivity index (χ1v) is 12.9. The molecular formula is C26H29N5OS. The Hall–Kier alpha value is -2.67.